The Bertz CT molecular complexity index is 825. The molecule has 0 saturated heterocycles. The van der Waals surface area contributed by atoms with Crippen LogP contribution < -0.4 is 5.32 Å². The third-order valence-corrected chi connectivity index (χ3v) is 4.58. The Kier molecular flexibility index (Phi) is 6.21. The molecule has 1 unspecified atom stereocenters. The normalized spacial score (nSPS) is 13.3. The van der Waals surface area contributed by atoms with Crippen LogP contribution in [0.3, 0.4) is 0 Å². The fourth-order valence-corrected chi connectivity index (χ4v) is 2.80. The number of carboxylic acids is 1. The van der Waals surface area contributed by atoms with Gasteiger partial charge in [-0.2, -0.15) is 0 Å². The Balaban J connectivity index is 2.46. The lowest BCUT2D eigenvalue weighted by molar-refractivity contribution is -0.145. The van der Waals surface area contributed by atoms with E-state index < -0.39 is 17.4 Å². The molecule has 1 amide bonds. The highest BCUT2D eigenvalue weighted by Crippen LogP contribution is 2.28. The minimum Gasteiger partial charge on any atom is -0.479 e. The zero-order chi connectivity index (χ0) is 19.5. The minimum atomic E-state index is -1.63. The second-order valence-corrected chi connectivity index (χ2v) is 6.95. The van der Waals surface area contributed by atoms with Crippen molar-refractivity contribution in [3.8, 4) is 0 Å². The Labute approximate surface area is 161 Å². The molecule has 26 heavy (non-hydrogen) atoms. The van der Waals surface area contributed by atoms with Gasteiger partial charge in [0.05, 0.1) is 11.2 Å². The van der Waals surface area contributed by atoms with Gasteiger partial charge in [-0.25, -0.2) is 14.8 Å². The van der Waals surface area contributed by atoms with Gasteiger partial charge in [-0.05, 0) is 24.1 Å². The summed E-state index contributed by atoms with van der Waals surface area (Å²) < 4.78 is 0. The molecule has 1 heterocycles. The molecule has 1 atom stereocenters. The molecule has 6 nitrogen and oxygen atoms in total. The van der Waals surface area contributed by atoms with Crippen LogP contribution in [0.4, 0.5) is 0 Å². The van der Waals surface area contributed by atoms with E-state index in [-0.39, 0.29) is 23.1 Å². The number of nitrogens with zero attached hydrogens (tertiary/aromatic N) is 2. The molecule has 2 rings (SSSR count). The number of carbonyl (C=O) groups excluding carboxylic acids is 1. The third-order valence-electron chi connectivity index (χ3n) is 4.05. The van der Waals surface area contributed by atoms with Crippen molar-refractivity contribution in [2.75, 3.05) is 0 Å². The molecule has 0 radical (unpaired) electrons. The highest BCUT2D eigenvalue weighted by molar-refractivity contribution is 6.33. The predicted molar refractivity (Wildman–Crippen MR) is 99.7 cm³/mol. The Morgan fingerprint density at radius 1 is 1.23 bits per heavy atom. The maximum absolute atomic E-state index is 12.8. The fraction of sp³-hybridized carbons (Fsp3) is 0.333. The quantitative estimate of drug-likeness (QED) is 0.769. The van der Waals surface area contributed by atoms with Crippen LogP contribution in [0.15, 0.2) is 30.5 Å². The summed E-state index contributed by atoms with van der Waals surface area (Å²) in [5.41, 5.74) is -1.29. The van der Waals surface area contributed by atoms with E-state index in [2.05, 4.69) is 15.3 Å². The number of hydrogen-bond donors (Lipinski definition) is 2. The summed E-state index contributed by atoms with van der Waals surface area (Å²) in [6.45, 7) is 5.43. The molecule has 8 heteroatoms. The summed E-state index contributed by atoms with van der Waals surface area (Å²) >= 11 is 11.9. The smallest absolute Gasteiger partial charge is 0.334 e. The van der Waals surface area contributed by atoms with Crippen LogP contribution in [0.1, 0.15) is 55.0 Å². The number of aliphatic carboxylic acids is 1. The van der Waals surface area contributed by atoms with Crippen LogP contribution in [0, 0.1) is 0 Å². The number of aromatic nitrogens is 2. The third kappa shape index (κ3) is 3.97. The number of carbonyl (C=O) groups is 2. The van der Waals surface area contributed by atoms with Crippen molar-refractivity contribution in [1.29, 1.82) is 0 Å². The van der Waals surface area contributed by atoms with Gasteiger partial charge >= 0.3 is 5.97 Å². The minimum absolute atomic E-state index is 0.00881. The Morgan fingerprint density at radius 3 is 2.35 bits per heavy atom. The van der Waals surface area contributed by atoms with Gasteiger partial charge in [-0.15, -0.1) is 0 Å². The van der Waals surface area contributed by atoms with E-state index >= 15 is 0 Å². The highest BCUT2D eigenvalue weighted by atomic mass is 35.5. The first kappa shape index (κ1) is 20.1. The molecule has 2 aromatic rings. The number of carboxylic acid groups (broad SMARTS) is 1. The Morgan fingerprint density at radius 2 is 1.85 bits per heavy atom. The summed E-state index contributed by atoms with van der Waals surface area (Å²) in [7, 11) is 0. The largest absolute Gasteiger partial charge is 0.479 e. The average molecular weight is 396 g/mol. The van der Waals surface area contributed by atoms with Gasteiger partial charge in [0.1, 0.15) is 11.5 Å². The van der Waals surface area contributed by atoms with Crippen molar-refractivity contribution in [3.05, 3.63) is 57.6 Å². The molecular formula is C18H19Cl2N3O3. The van der Waals surface area contributed by atoms with E-state index in [4.69, 9.17) is 23.2 Å². The SMILES string of the molecule is CCC(NC(=O)c1nc(C(C)C)ncc1Cl)(C(=O)O)c1ccc(Cl)cc1. The number of benzene rings is 1. The molecule has 0 aliphatic carbocycles. The molecule has 0 fully saturated rings. The molecular weight excluding hydrogens is 377 g/mol. The van der Waals surface area contributed by atoms with Crippen molar-refractivity contribution < 1.29 is 14.7 Å². The highest BCUT2D eigenvalue weighted by Gasteiger charge is 2.41. The summed E-state index contributed by atoms with van der Waals surface area (Å²) in [6, 6.07) is 6.29. The lowest BCUT2D eigenvalue weighted by Crippen LogP contribution is -2.51. The van der Waals surface area contributed by atoms with Crippen molar-refractivity contribution in [2.45, 2.75) is 38.6 Å². The van der Waals surface area contributed by atoms with Crippen LogP contribution >= 0.6 is 23.2 Å². The van der Waals surface area contributed by atoms with Gasteiger partial charge in [-0.1, -0.05) is 56.1 Å². The monoisotopic (exact) mass is 395 g/mol. The summed E-state index contributed by atoms with van der Waals surface area (Å²) in [5, 5.41) is 12.9. The van der Waals surface area contributed by atoms with Gasteiger partial charge in [-0.3, -0.25) is 4.79 Å². The van der Waals surface area contributed by atoms with Crippen LogP contribution in [0.2, 0.25) is 10.0 Å². The molecule has 0 saturated carbocycles. The number of hydrogen-bond acceptors (Lipinski definition) is 4. The van der Waals surface area contributed by atoms with E-state index in [1.165, 1.54) is 6.20 Å². The topological polar surface area (TPSA) is 92.2 Å². The van der Waals surface area contributed by atoms with Crippen molar-refractivity contribution in [1.82, 2.24) is 15.3 Å². The molecule has 1 aromatic carbocycles. The molecule has 138 valence electrons. The zero-order valence-corrected chi connectivity index (χ0v) is 16.1. The van der Waals surface area contributed by atoms with E-state index in [9.17, 15) is 14.7 Å². The second kappa shape index (κ2) is 8.01. The van der Waals surface area contributed by atoms with E-state index in [1.54, 1.807) is 31.2 Å². The number of halogens is 2. The maximum atomic E-state index is 12.8. The van der Waals surface area contributed by atoms with Gasteiger partial charge in [0.2, 0.25) is 0 Å². The van der Waals surface area contributed by atoms with Gasteiger partial charge in [0, 0.05) is 10.9 Å². The van der Waals surface area contributed by atoms with Crippen LogP contribution in [0.25, 0.3) is 0 Å². The van der Waals surface area contributed by atoms with Gasteiger partial charge in [0.25, 0.3) is 5.91 Å². The van der Waals surface area contributed by atoms with Gasteiger partial charge in [0.15, 0.2) is 5.54 Å². The number of nitrogens with one attached hydrogen (secondary N) is 1. The van der Waals surface area contributed by atoms with E-state index in [0.29, 0.717) is 16.4 Å². The predicted octanol–water partition coefficient (Wildman–Crippen LogP) is 4.03. The van der Waals surface area contributed by atoms with Gasteiger partial charge < -0.3 is 10.4 Å². The van der Waals surface area contributed by atoms with Crippen molar-refractivity contribution in [3.63, 3.8) is 0 Å². The molecule has 0 spiro atoms. The molecule has 1 aromatic heterocycles. The number of amides is 1. The summed E-state index contributed by atoms with van der Waals surface area (Å²) in [4.78, 5) is 33.1. The lowest BCUT2D eigenvalue weighted by Gasteiger charge is -2.30. The Hall–Kier alpha value is -2.18. The van der Waals surface area contributed by atoms with E-state index in [1.807, 2.05) is 13.8 Å². The number of rotatable bonds is 6. The zero-order valence-electron chi connectivity index (χ0n) is 14.6. The summed E-state index contributed by atoms with van der Waals surface area (Å²) in [5.74, 6) is -1.43. The molecule has 0 aliphatic rings. The van der Waals surface area contributed by atoms with Crippen molar-refractivity contribution in [2.24, 2.45) is 0 Å². The first-order valence-electron chi connectivity index (χ1n) is 8.05. The molecule has 2 N–H and O–H groups in total. The first-order chi connectivity index (χ1) is 12.2. The van der Waals surface area contributed by atoms with Crippen LogP contribution in [0.5, 0.6) is 0 Å². The van der Waals surface area contributed by atoms with E-state index in [0.717, 1.165) is 0 Å². The fourth-order valence-electron chi connectivity index (χ4n) is 2.50. The van der Waals surface area contributed by atoms with Crippen LogP contribution in [-0.4, -0.2) is 27.0 Å². The lowest BCUT2D eigenvalue weighted by atomic mass is 9.87. The maximum Gasteiger partial charge on any atom is 0.334 e. The standard InChI is InChI=1S/C18H19Cl2N3O3/c1-4-18(17(25)26,11-5-7-12(19)8-6-11)23-16(24)14-13(20)9-21-15(22-14)10(2)3/h5-10H,4H2,1-3H3,(H,23,24)(H,25,26). The van der Waals surface area contributed by atoms with Crippen LogP contribution in [-0.2, 0) is 10.3 Å². The first-order valence-corrected chi connectivity index (χ1v) is 8.81. The summed E-state index contributed by atoms with van der Waals surface area (Å²) in [6.07, 6.45) is 1.46. The molecule has 0 aliphatic heterocycles. The second-order valence-electron chi connectivity index (χ2n) is 6.10. The molecule has 0 bridgehead atoms. The van der Waals surface area contributed by atoms with Crippen molar-refractivity contribution >= 4 is 35.1 Å². The average Bonchev–Trinajstić information content (AvgIpc) is 2.60.